The molecule has 0 radical (unpaired) electrons. The molecule has 1 aromatic heterocycles. The van der Waals surface area contributed by atoms with Gasteiger partial charge in [-0.3, -0.25) is 14.4 Å². The normalized spacial score (nSPS) is 16.5. The molecule has 2 aromatic rings. The summed E-state index contributed by atoms with van der Waals surface area (Å²) >= 11 is 11.4. The van der Waals surface area contributed by atoms with Crippen molar-refractivity contribution in [1.82, 2.24) is 15.1 Å². The molecule has 0 bridgehead atoms. The van der Waals surface area contributed by atoms with Gasteiger partial charge in [-0.25, -0.2) is 0 Å². The lowest BCUT2D eigenvalue weighted by atomic mass is 10.2. The molecule has 0 aliphatic carbocycles. The zero-order valence-corrected chi connectivity index (χ0v) is 13.4. The third-order valence-electron chi connectivity index (χ3n) is 3.31. The van der Waals surface area contributed by atoms with Crippen molar-refractivity contribution in [3.05, 3.63) is 52.9 Å². The Kier molecular flexibility index (Phi) is 3.96. The van der Waals surface area contributed by atoms with Gasteiger partial charge in [0, 0.05) is 6.54 Å². The first-order valence-corrected chi connectivity index (χ1v) is 7.54. The smallest absolute Gasteiger partial charge is 0.281 e. The molecule has 5 nitrogen and oxygen atoms in total. The van der Waals surface area contributed by atoms with Crippen LogP contribution in [0, 0.1) is 0 Å². The average molecular weight is 333 g/mol. The highest BCUT2D eigenvalue weighted by Gasteiger charge is 2.32. The number of benzene rings is 1. The van der Waals surface area contributed by atoms with Gasteiger partial charge in [-0.05, 0) is 37.4 Å². The summed E-state index contributed by atoms with van der Waals surface area (Å²) in [5.74, 6) is -0.212. The Labute approximate surface area is 138 Å². The van der Waals surface area contributed by atoms with E-state index in [-0.39, 0.29) is 5.91 Å². The number of halogens is 1. The van der Waals surface area contributed by atoms with Crippen LogP contribution in [0.25, 0.3) is 6.08 Å². The monoisotopic (exact) mass is 332 g/mol. The number of carbonyl (C=O) groups is 1. The number of para-hydroxylation sites is 1. The molecule has 1 saturated heterocycles. The molecule has 1 fully saturated rings. The molecule has 0 saturated carbocycles. The summed E-state index contributed by atoms with van der Waals surface area (Å²) in [6.07, 6.45) is 3.24. The fraction of sp³-hybridized carbons (Fsp3) is 0.133. The van der Waals surface area contributed by atoms with Crippen LogP contribution in [0.4, 0.5) is 5.69 Å². The molecular formula is C15H13ClN4OS. The summed E-state index contributed by atoms with van der Waals surface area (Å²) < 4.78 is 1.72. The van der Waals surface area contributed by atoms with Crippen molar-refractivity contribution in [3.63, 3.8) is 0 Å². The highest BCUT2D eigenvalue weighted by atomic mass is 35.5. The van der Waals surface area contributed by atoms with E-state index in [0.717, 1.165) is 5.69 Å². The quantitative estimate of drug-likeness (QED) is 0.693. The maximum absolute atomic E-state index is 12.6. The van der Waals surface area contributed by atoms with E-state index in [9.17, 15) is 4.79 Å². The molecule has 7 heteroatoms. The van der Waals surface area contributed by atoms with Crippen LogP contribution in [0.3, 0.4) is 0 Å². The van der Waals surface area contributed by atoms with E-state index in [1.807, 2.05) is 37.3 Å². The Morgan fingerprint density at radius 2 is 2.09 bits per heavy atom. The Morgan fingerprint density at radius 3 is 2.77 bits per heavy atom. The first-order valence-electron chi connectivity index (χ1n) is 6.75. The molecule has 1 aromatic carbocycles. The van der Waals surface area contributed by atoms with Crippen molar-refractivity contribution in [1.29, 1.82) is 0 Å². The van der Waals surface area contributed by atoms with Crippen LogP contribution in [0.1, 0.15) is 12.6 Å². The van der Waals surface area contributed by atoms with Gasteiger partial charge < -0.3 is 5.32 Å². The standard InChI is InChI=1S/C15H13ClN4OS/c1-2-19-13(11(16)9-17-19)8-12-14(21)20(15(22)18-12)10-6-4-3-5-7-10/h3-9H,2H2,1H3,(H,18,22)/b12-8+. The number of aryl methyl sites for hydroxylation is 1. The van der Waals surface area contributed by atoms with Crippen LogP contribution in [0.2, 0.25) is 5.02 Å². The number of thiocarbonyl (C=S) groups is 1. The van der Waals surface area contributed by atoms with Crippen molar-refractivity contribution in [2.45, 2.75) is 13.5 Å². The molecule has 1 aliphatic heterocycles. The minimum atomic E-state index is -0.212. The van der Waals surface area contributed by atoms with Gasteiger partial charge >= 0.3 is 0 Å². The van der Waals surface area contributed by atoms with Crippen molar-refractivity contribution in [3.8, 4) is 0 Å². The van der Waals surface area contributed by atoms with Crippen LogP contribution in [0.5, 0.6) is 0 Å². The summed E-state index contributed by atoms with van der Waals surface area (Å²) in [5.41, 5.74) is 1.78. The van der Waals surface area contributed by atoms with Gasteiger partial charge in [-0.15, -0.1) is 0 Å². The second-order valence-corrected chi connectivity index (χ2v) is 5.45. The second kappa shape index (κ2) is 5.90. The SMILES string of the molecule is CCn1ncc(Cl)c1/C=C1/NC(=S)N(c2ccccc2)C1=O. The predicted molar refractivity (Wildman–Crippen MR) is 90.5 cm³/mol. The van der Waals surface area contributed by atoms with E-state index in [4.69, 9.17) is 23.8 Å². The Hall–Kier alpha value is -2.18. The van der Waals surface area contributed by atoms with E-state index in [0.29, 0.717) is 28.1 Å². The molecule has 1 aliphatic rings. The molecule has 112 valence electrons. The van der Waals surface area contributed by atoms with Gasteiger partial charge in [0.25, 0.3) is 5.91 Å². The number of nitrogens with one attached hydrogen (secondary N) is 1. The number of anilines is 1. The summed E-state index contributed by atoms with van der Waals surface area (Å²) in [5, 5.41) is 7.93. The lowest BCUT2D eigenvalue weighted by Crippen LogP contribution is -2.30. The second-order valence-electron chi connectivity index (χ2n) is 4.66. The largest absolute Gasteiger partial charge is 0.327 e. The van der Waals surface area contributed by atoms with Crippen molar-refractivity contribution in [2.24, 2.45) is 0 Å². The number of hydrogen-bond donors (Lipinski definition) is 1. The van der Waals surface area contributed by atoms with Gasteiger partial charge in [-0.2, -0.15) is 5.10 Å². The van der Waals surface area contributed by atoms with Crippen LogP contribution < -0.4 is 10.2 Å². The zero-order valence-electron chi connectivity index (χ0n) is 11.8. The number of hydrogen-bond acceptors (Lipinski definition) is 3. The van der Waals surface area contributed by atoms with Crippen LogP contribution in [-0.4, -0.2) is 20.8 Å². The maximum atomic E-state index is 12.6. The molecule has 22 heavy (non-hydrogen) atoms. The van der Waals surface area contributed by atoms with Crippen molar-refractivity contribution >= 4 is 46.6 Å². The zero-order chi connectivity index (χ0) is 15.7. The fourth-order valence-electron chi connectivity index (χ4n) is 2.25. The number of aromatic nitrogens is 2. The van der Waals surface area contributed by atoms with Crippen LogP contribution in [0.15, 0.2) is 42.2 Å². The summed E-state index contributed by atoms with van der Waals surface area (Å²) in [4.78, 5) is 14.0. The van der Waals surface area contributed by atoms with E-state index < -0.39 is 0 Å². The number of amides is 1. The van der Waals surface area contributed by atoms with Crippen molar-refractivity contribution < 1.29 is 4.79 Å². The minimum Gasteiger partial charge on any atom is -0.327 e. The highest BCUT2D eigenvalue weighted by Crippen LogP contribution is 2.24. The van der Waals surface area contributed by atoms with Gasteiger partial charge in [-0.1, -0.05) is 29.8 Å². The van der Waals surface area contributed by atoms with Gasteiger partial charge in [0.05, 0.1) is 22.6 Å². The van der Waals surface area contributed by atoms with Gasteiger partial charge in [0.1, 0.15) is 5.70 Å². The Bertz CT molecular complexity index is 769. The number of nitrogens with zero attached hydrogens (tertiary/aromatic N) is 3. The molecule has 2 heterocycles. The minimum absolute atomic E-state index is 0.212. The third-order valence-corrected chi connectivity index (χ3v) is 3.88. The lowest BCUT2D eigenvalue weighted by Gasteiger charge is -2.13. The van der Waals surface area contributed by atoms with Crippen LogP contribution >= 0.6 is 23.8 Å². The molecule has 1 amide bonds. The van der Waals surface area contributed by atoms with E-state index in [1.165, 1.54) is 4.90 Å². The first-order chi connectivity index (χ1) is 10.6. The number of carbonyl (C=O) groups excluding carboxylic acids is 1. The molecule has 3 rings (SSSR count). The summed E-state index contributed by atoms with van der Waals surface area (Å²) in [6.45, 7) is 2.61. The fourth-order valence-corrected chi connectivity index (χ4v) is 2.74. The molecule has 0 unspecified atom stereocenters. The highest BCUT2D eigenvalue weighted by molar-refractivity contribution is 7.80. The predicted octanol–water partition coefficient (Wildman–Crippen LogP) is 2.82. The van der Waals surface area contributed by atoms with Gasteiger partial charge in [0.2, 0.25) is 0 Å². The van der Waals surface area contributed by atoms with E-state index in [1.54, 1.807) is 17.0 Å². The third kappa shape index (κ3) is 2.51. The lowest BCUT2D eigenvalue weighted by molar-refractivity contribution is -0.113. The molecule has 0 spiro atoms. The Balaban J connectivity index is 1.98. The maximum Gasteiger partial charge on any atom is 0.281 e. The topological polar surface area (TPSA) is 50.2 Å². The van der Waals surface area contributed by atoms with Crippen molar-refractivity contribution in [2.75, 3.05) is 4.90 Å². The summed E-state index contributed by atoms with van der Waals surface area (Å²) in [6, 6.07) is 9.26. The number of rotatable bonds is 3. The molecule has 0 atom stereocenters. The van der Waals surface area contributed by atoms with Gasteiger partial charge in [0.15, 0.2) is 5.11 Å². The molecular weight excluding hydrogens is 320 g/mol. The van der Waals surface area contributed by atoms with Crippen LogP contribution in [-0.2, 0) is 11.3 Å². The summed E-state index contributed by atoms with van der Waals surface area (Å²) in [7, 11) is 0. The molecule has 1 N–H and O–H groups in total. The van der Waals surface area contributed by atoms with E-state index in [2.05, 4.69) is 10.4 Å². The Morgan fingerprint density at radius 1 is 1.36 bits per heavy atom. The van der Waals surface area contributed by atoms with E-state index >= 15 is 0 Å². The first kappa shape index (κ1) is 14.7. The average Bonchev–Trinajstić information content (AvgIpc) is 3.01.